The lowest BCUT2D eigenvalue weighted by Gasteiger charge is -2.28. The summed E-state index contributed by atoms with van der Waals surface area (Å²) in [5.74, 6) is 0.425. The van der Waals surface area contributed by atoms with Crippen LogP contribution in [0.25, 0.3) is 0 Å². The monoisotopic (exact) mass is 464 g/mol. The first kappa shape index (κ1) is 31.6. The van der Waals surface area contributed by atoms with E-state index >= 15 is 0 Å². The molecule has 192 valence electrons. The maximum atomic E-state index is 12.9. The highest BCUT2D eigenvalue weighted by atomic mass is 16.5. The number of nitrogens with zero attached hydrogens (tertiary/aromatic N) is 2. The summed E-state index contributed by atoms with van der Waals surface area (Å²) >= 11 is 0. The summed E-state index contributed by atoms with van der Waals surface area (Å²) in [5.41, 5.74) is 1.54. The maximum Gasteiger partial charge on any atom is 0.222 e. The topological polar surface area (TPSA) is 42.0 Å². The van der Waals surface area contributed by atoms with E-state index in [2.05, 4.69) is 63.2 Å². The van der Waals surface area contributed by atoms with Crippen molar-refractivity contribution in [1.29, 1.82) is 0 Å². The van der Waals surface area contributed by atoms with Crippen molar-refractivity contribution in [3.05, 3.63) is 36.0 Å². The molecule has 0 atom stereocenters. The maximum absolute atomic E-state index is 12.9. The molecular formula is C28H52N2O3. The summed E-state index contributed by atoms with van der Waals surface area (Å²) in [4.78, 5) is 17.1. The van der Waals surface area contributed by atoms with Crippen LogP contribution in [0.2, 0.25) is 0 Å². The number of amides is 1. The molecule has 0 aromatic carbocycles. The van der Waals surface area contributed by atoms with Crippen molar-refractivity contribution in [2.45, 2.75) is 71.6 Å². The van der Waals surface area contributed by atoms with Gasteiger partial charge in [0.05, 0.1) is 13.2 Å². The van der Waals surface area contributed by atoms with Crippen LogP contribution in [0.3, 0.4) is 0 Å². The fourth-order valence-electron chi connectivity index (χ4n) is 3.80. The zero-order valence-corrected chi connectivity index (χ0v) is 22.5. The first-order valence-electron chi connectivity index (χ1n) is 12.9. The van der Waals surface area contributed by atoms with Crippen LogP contribution in [0, 0.1) is 5.92 Å². The highest BCUT2D eigenvalue weighted by molar-refractivity contribution is 5.76. The van der Waals surface area contributed by atoms with Crippen LogP contribution < -0.4 is 0 Å². The molecule has 0 saturated heterocycles. The van der Waals surface area contributed by atoms with E-state index < -0.39 is 0 Å². The third-order valence-corrected chi connectivity index (χ3v) is 5.63. The predicted molar refractivity (Wildman–Crippen MR) is 142 cm³/mol. The Kier molecular flexibility index (Phi) is 21.4. The van der Waals surface area contributed by atoms with Crippen molar-refractivity contribution in [1.82, 2.24) is 9.80 Å². The van der Waals surface area contributed by atoms with Gasteiger partial charge in [-0.05, 0) is 72.0 Å². The normalized spacial score (nSPS) is 12.7. The molecule has 0 aliphatic heterocycles. The lowest BCUT2D eigenvalue weighted by Crippen LogP contribution is -2.39. The average Bonchev–Trinajstić information content (AvgIpc) is 2.79. The largest absolute Gasteiger partial charge is 0.384 e. The Hall–Kier alpha value is -1.43. The van der Waals surface area contributed by atoms with E-state index in [9.17, 15) is 4.79 Å². The van der Waals surface area contributed by atoms with Gasteiger partial charge in [0.2, 0.25) is 5.91 Å². The van der Waals surface area contributed by atoms with Crippen LogP contribution in [0.1, 0.15) is 71.6 Å². The Balaban J connectivity index is 4.57. The van der Waals surface area contributed by atoms with Crippen LogP contribution in [0.15, 0.2) is 36.0 Å². The molecule has 0 heterocycles. The molecule has 0 radical (unpaired) electrons. The van der Waals surface area contributed by atoms with Crippen LogP contribution >= 0.6 is 0 Å². The molecule has 0 rings (SSSR count). The molecule has 0 fully saturated rings. The fraction of sp³-hybridized carbons (Fsp3) is 0.750. The lowest BCUT2D eigenvalue weighted by atomic mass is 10.0. The van der Waals surface area contributed by atoms with Gasteiger partial charge in [-0.25, -0.2) is 0 Å². The number of hydrogen-bond acceptors (Lipinski definition) is 4. The molecule has 5 heteroatoms. The number of carbonyl (C=O) groups excluding carboxylic acids is 1. The molecule has 0 aromatic rings. The molecule has 0 spiro atoms. The van der Waals surface area contributed by atoms with E-state index in [0.29, 0.717) is 26.2 Å². The van der Waals surface area contributed by atoms with Crippen molar-refractivity contribution < 1.29 is 14.3 Å². The number of unbranched alkanes of at least 4 members (excludes halogenated alkanes) is 1. The van der Waals surface area contributed by atoms with Crippen molar-refractivity contribution >= 4 is 5.91 Å². The van der Waals surface area contributed by atoms with Crippen molar-refractivity contribution in [3.8, 4) is 0 Å². The second-order valence-electron chi connectivity index (χ2n) is 9.01. The van der Waals surface area contributed by atoms with Gasteiger partial charge in [0.15, 0.2) is 0 Å². The van der Waals surface area contributed by atoms with E-state index in [1.807, 2.05) is 4.90 Å². The Morgan fingerprint density at radius 3 is 2.18 bits per heavy atom. The van der Waals surface area contributed by atoms with Crippen LogP contribution in [-0.2, 0) is 14.3 Å². The van der Waals surface area contributed by atoms with Crippen LogP contribution in [0.5, 0.6) is 0 Å². The molecule has 0 aliphatic carbocycles. The SMILES string of the molecule is CC/C=C\CCC/C(=C/C/C=C\CCC(=O)N(CCCN(C)C)CC(COC)COC)CC. The molecular weight excluding hydrogens is 412 g/mol. The first-order chi connectivity index (χ1) is 16.0. The van der Waals surface area contributed by atoms with E-state index in [4.69, 9.17) is 9.47 Å². The number of hydrogen-bond donors (Lipinski definition) is 0. The Bertz CT molecular complexity index is 549. The van der Waals surface area contributed by atoms with Crippen molar-refractivity contribution in [2.24, 2.45) is 5.92 Å². The molecule has 33 heavy (non-hydrogen) atoms. The number of carbonyl (C=O) groups is 1. The molecule has 5 nitrogen and oxygen atoms in total. The fourth-order valence-corrected chi connectivity index (χ4v) is 3.80. The van der Waals surface area contributed by atoms with Gasteiger partial charge in [0.25, 0.3) is 0 Å². The first-order valence-corrected chi connectivity index (χ1v) is 12.9. The summed E-state index contributed by atoms with van der Waals surface area (Å²) in [6, 6.07) is 0. The van der Waals surface area contributed by atoms with E-state index in [0.717, 1.165) is 45.2 Å². The summed E-state index contributed by atoms with van der Waals surface area (Å²) < 4.78 is 10.7. The predicted octanol–water partition coefficient (Wildman–Crippen LogP) is 5.88. The van der Waals surface area contributed by atoms with Gasteiger partial charge < -0.3 is 19.3 Å². The zero-order chi connectivity index (χ0) is 24.7. The van der Waals surface area contributed by atoms with Gasteiger partial charge in [-0.2, -0.15) is 0 Å². The van der Waals surface area contributed by atoms with Gasteiger partial charge >= 0.3 is 0 Å². The average molecular weight is 465 g/mol. The number of methoxy groups -OCH3 is 2. The molecule has 0 saturated carbocycles. The van der Waals surface area contributed by atoms with Gasteiger partial charge in [-0.15, -0.1) is 0 Å². The standard InChI is InChI=1S/C28H52N2O3/c1-7-9-10-11-14-18-26(8-2)19-15-12-13-16-20-28(31)30(22-17-21-29(3)4)23-27(24-32-5)25-33-6/h9-10,12-13,19,27H,7-8,11,14-18,20-25H2,1-6H3/b10-9-,13-12-,26-19+. The summed E-state index contributed by atoms with van der Waals surface area (Å²) in [5, 5.41) is 0. The van der Waals surface area contributed by atoms with Crippen molar-refractivity contribution in [2.75, 3.05) is 61.2 Å². The Morgan fingerprint density at radius 2 is 1.58 bits per heavy atom. The molecule has 0 N–H and O–H groups in total. The lowest BCUT2D eigenvalue weighted by molar-refractivity contribution is -0.132. The minimum Gasteiger partial charge on any atom is -0.384 e. The van der Waals surface area contributed by atoms with Gasteiger partial charge in [0.1, 0.15) is 0 Å². The van der Waals surface area contributed by atoms with Crippen LogP contribution in [-0.4, -0.2) is 76.9 Å². The molecule has 0 aliphatic rings. The third-order valence-electron chi connectivity index (χ3n) is 5.63. The highest BCUT2D eigenvalue weighted by Crippen LogP contribution is 2.13. The van der Waals surface area contributed by atoms with Crippen molar-refractivity contribution in [3.63, 3.8) is 0 Å². The summed E-state index contributed by atoms with van der Waals surface area (Å²) in [6.45, 7) is 8.06. The second-order valence-corrected chi connectivity index (χ2v) is 9.01. The smallest absolute Gasteiger partial charge is 0.222 e. The minimum atomic E-state index is 0.203. The number of rotatable bonds is 21. The molecule has 0 bridgehead atoms. The minimum absolute atomic E-state index is 0.203. The van der Waals surface area contributed by atoms with Gasteiger partial charge in [-0.1, -0.05) is 49.8 Å². The zero-order valence-electron chi connectivity index (χ0n) is 22.5. The molecule has 0 unspecified atom stereocenters. The summed E-state index contributed by atoms with van der Waals surface area (Å²) in [6.07, 6.45) is 20.4. The van der Waals surface area contributed by atoms with E-state index in [1.165, 1.54) is 24.8 Å². The third kappa shape index (κ3) is 18.7. The second kappa shape index (κ2) is 22.4. The Labute approximate surface area is 204 Å². The van der Waals surface area contributed by atoms with E-state index in [-0.39, 0.29) is 11.8 Å². The number of allylic oxidation sites excluding steroid dienone is 6. The molecule has 1 amide bonds. The highest BCUT2D eigenvalue weighted by Gasteiger charge is 2.18. The van der Waals surface area contributed by atoms with Gasteiger partial charge in [-0.3, -0.25) is 4.79 Å². The van der Waals surface area contributed by atoms with Gasteiger partial charge in [0, 0.05) is 39.6 Å². The van der Waals surface area contributed by atoms with E-state index in [1.54, 1.807) is 14.2 Å². The number of ether oxygens (including phenoxy) is 2. The summed E-state index contributed by atoms with van der Waals surface area (Å²) in [7, 11) is 7.54. The molecule has 0 aromatic heterocycles. The quantitative estimate of drug-likeness (QED) is 0.157. The Morgan fingerprint density at radius 1 is 0.879 bits per heavy atom. The van der Waals surface area contributed by atoms with Crippen LogP contribution in [0.4, 0.5) is 0 Å².